The summed E-state index contributed by atoms with van der Waals surface area (Å²) in [5.74, 6) is -4.78. The second-order valence-corrected chi connectivity index (χ2v) is 5.34. The summed E-state index contributed by atoms with van der Waals surface area (Å²) >= 11 is 0. The van der Waals surface area contributed by atoms with Crippen molar-refractivity contribution in [1.82, 2.24) is 5.32 Å². The number of carboxylic acid groups (broad SMARTS) is 2. The molecule has 0 aliphatic carbocycles. The average molecular weight is 297 g/mol. The Morgan fingerprint density at radius 3 is 2.52 bits per heavy atom. The van der Waals surface area contributed by atoms with Crippen LogP contribution in [0.2, 0.25) is 0 Å². The largest absolute Gasteiger partial charge is 0.480 e. The summed E-state index contributed by atoms with van der Waals surface area (Å²) in [6.45, 7) is 0.798. The third-order valence-electron chi connectivity index (χ3n) is 4.13. The normalized spacial score (nSPS) is 32.0. The third-order valence-corrected chi connectivity index (χ3v) is 4.13. The molecule has 0 spiro atoms. The molecule has 0 radical (unpaired) electrons. The maximum absolute atomic E-state index is 13.4. The van der Waals surface area contributed by atoms with Gasteiger partial charge in [0.15, 0.2) is 0 Å². The Kier molecular flexibility index (Phi) is 3.97. The lowest BCUT2D eigenvalue weighted by atomic mass is 9.77. The molecule has 1 aromatic rings. The number of aliphatic carboxylic acids is 2. The van der Waals surface area contributed by atoms with Gasteiger partial charge in [0.2, 0.25) is 0 Å². The number of carboxylic acids is 2. The Hall–Kier alpha value is -1.99. The summed E-state index contributed by atoms with van der Waals surface area (Å²) in [7, 11) is 0. The van der Waals surface area contributed by atoms with E-state index in [4.69, 9.17) is 0 Å². The first kappa shape index (κ1) is 15.4. The maximum Gasteiger partial charge on any atom is 0.324 e. The molecule has 7 heteroatoms. The number of aliphatic hydroxyl groups excluding tert-OH is 1. The van der Waals surface area contributed by atoms with E-state index < -0.39 is 47.8 Å². The molecule has 1 aromatic carbocycles. The Morgan fingerprint density at radius 2 is 2.05 bits per heavy atom. The van der Waals surface area contributed by atoms with E-state index in [2.05, 4.69) is 5.32 Å². The molecule has 1 saturated heterocycles. The minimum Gasteiger partial charge on any atom is -0.480 e. The molecule has 114 valence electrons. The summed E-state index contributed by atoms with van der Waals surface area (Å²) in [4.78, 5) is 22.9. The SMILES string of the molecule is C[C@@]1(C(=O)O)N[C@H](C(=O)O)[C@@H](c2cccc(F)c2)[C@@H]1CO. The number of aliphatic hydroxyl groups is 1. The summed E-state index contributed by atoms with van der Waals surface area (Å²) in [6.07, 6.45) is 0. The van der Waals surface area contributed by atoms with Crippen molar-refractivity contribution in [2.75, 3.05) is 6.61 Å². The predicted molar refractivity (Wildman–Crippen MR) is 70.3 cm³/mol. The molecule has 4 atom stereocenters. The van der Waals surface area contributed by atoms with E-state index in [0.29, 0.717) is 5.56 Å². The molecule has 0 unspecified atom stereocenters. The van der Waals surface area contributed by atoms with Crippen LogP contribution >= 0.6 is 0 Å². The molecule has 0 amide bonds. The zero-order chi connectivity index (χ0) is 15.8. The molecule has 1 fully saturated rings. The van der Waals surface area contributed by atoms with Gasteiger partial charge in [0.05, 0.1) is 0 Å². The van der Waals surface area contributed by atoms with Gasteiger partial charge in [0.25, 0.3) is 0 Å². The summed E-state index contributed by atoms with van der Waals surface area (Å²) in [5, 5.41) is 30.8. The highest BCUT2D eigenvalue weighted by atomic mass is 19.1. The van der Waals surface area contributed by atoms with Crippen molar-refractivity contribution in [3.05, 3.63) is 35.6 Å². The van der Waals surface area contributed by atoms with Crippen molar-refractivity contribution in [1.29, 1.82) is 0 Å². The van der Waals surface area contributed by atoms with E-state index in [9.17, 15) is 29.3 Å². The Morgan fingerprint density at radius 1 is 1.38 bits per heavy atom. The first-order chi connectivity index (χ1) is 9.81. The van der Waals surface area contributed by atoms with E-state index in [1.165, 1.54) is 31.2 Å². The van der Waals surface area contributed by atoms with E-state index >= 15 is 0 Å². The summed E-state index contributed by atoms with van der Waals surface area (Å²) in [5.41, 5.74) is -1.26. The van der Waals surface area contributed by atoms with Gasteiger partial charge in [-0.05, 0) is 24.6 Å². The van der Waals surface area contributed by atoms with Crippen LogP contribution in [0.1, 0.15) is 18.4 Å². The van der Waals surface area contributed by atoms with Crippen molar-refractivity contribution < 1.29 is 29.3 Å². The van der Waals surface area contributed by atoms with Crippen LogP contribution in [0.25, 0.3) is 0 Å². The lowest BCUT2D eigenvalue weighted by Crippen LogP contribution is -2.53. The van der Waals surface area contributed by atoms with E-state index in [0.717, 1.165) is 0 Å². The second kappa shape index (κ2) is 5.42. The van der Waals surface area contributed by atoms with Gasteiger partial charge in [-0.3, -0.25) is 14.9 Å². The first-order valence-electron chi connectivity index (χ1n) is 6.41. The molecule has 1 heterocycles. The molecule has 1 aliphatic rings. The highest BCUT2D eigenvalue weighted by molar-refractivity contribution is 5.84. The van der Waals surface area contributed by atoms with Gasteiger partial charge in [-0.15, -0.1) is 0 Å². The van der Waals surface area contributed by atoms with E-state index in [1.807, 2.05) is 0 Å². The molecule has 4 N–H and O–H groups in total. The summed E-state index contributed by atoms with van der Waals surface area (Å²) < 4.78 is 13.4. The van der Waals surface area contributed by atoms with E-state index in [-0.39, 0.29) is 0 Å². The lowest BCUT2D eigenvalue weighted by Gasteiger charge is -2.28. The zero-order valence-electron chi connectivity index (χ0n) is 11.3. The quantitative estimate of drug-likeness (QED) is 0.641. The van der Waals surface area contributed by atoms with E-state index in [1.54, 1.807) is 0 Å². The van der Waals surface area contributed by atoms with Crippen LogP contribution in [0.4, 0.5) is 4.39 Å². The van der Waals surface area contributed by atoms with Crippen molar-refractivity contribution in [2.45, 2.75) is 24.4 Å². The molecular formula is C14H16FNO5. The second-order valence-electron chi connectivity index (χ2n) is 5.34. The van der Waals surface area contributed by atoms with Gasteiger partial charge < -0.3 is 15.3 Å². The fourth-order valence-corrected chi connectivity index (χ4v) is 2.98. The van der Waals surface area contributed by atoms with Crippen molar-refractivity contribution in [3.8, 4) is 0 Å². The van der Waals surface area contributed by atoms with Crippen molar-refractivity contribution >= 4 is 11.9 Å². The van der Waals surface area contributed by atoms with Gasteiger partial charge in [-0.25, -0.2) is 4.39 Å². The Balaban J connectivity index is 2.53. The smallest absolute Gasteiger partial charge is 0.324 e. The number of nitrogens with one attached hydrogen (secondary N) is 1. The predicted octanol–water partition coefficient (Wildman–Crippen LogP) is 0.417. The molecule has 0 aromatic heterocycles. The molecular weight excluding hydrogens is 281 g/mol. The number of hydrogen-bond donors (Lipinski definition) is 4. The molecule has 21 heavy (non-hydrogen) atoms. The minimum atomic E-state index is -1.60. The Labute approximate surface area is 120 Å². The van der Waals surface area contributed by atoms with Gasteiger partial charge in [0, 0.05) is 18.4 Å². The molecule has 1 aliphatic heterocycles. The molecule has 6 nitrogen and oxygen atoms in total. The molecule has 2 rings (SSSR count). The van der Waals surface area contributed by atoms with Crippen LogP contribution in [0.3, 0.4) is 0 Å². The molecule has 0 saturated carbocycles. The van der Waals surface area contributed by atoms with Crippen LogP contribution in [0.15, 0.2) is 24.3 Å². The number of carbonyl (C=O) groups is 2. The van der Waals surface area contributed by atoms with Crippen LogP contribution < -0.4 is 5.32 Å². The number of benzene rings is 1. The fourth-order valence-electron chi connectivity index (χ4n) is 2.98. The van der Waals surface area contributed by atoms with Gasteiger partial charge in [0.1, 0.15) is 17.4 Å². The number of halogens is 1. The maximum atomic E-state index is 13.4. The van der Waals surface area contributed by atoms with Gasteiger partial charge in [-0.2, -0.15) is 0 Å². The topological polar surface area (TPSA) is 107 Å². The van der Waals surface area contributed by atoms with Gasteiger partial charge >= 0.3 is 11.9 Å². The van der Waals surface area contributed by atoms with Gasteiger partial charge in [-0.1, -0.05) is 12.1 Å². The lowest BCUT2D eigenvalue weighted by molar-refractivity contribution is -0.146. The molecule has 0 bridgehead atoms. The standard InChI is InChI=1S/C14H16FNO5/c1-14(13(20)21)9(6-17)10(11(16-14)12(18)19)7-3-2-4-8(15)5-7/h2-5,9-11,16-17H,6H2,1H3,(H,18,19)(H,20,21)/t9-,10-,11-,14+/m0/s1. The average Bonchev–Trinajstić information content (AvgIpc) is 2.73. The number of rotatable bonds is 4. The van der Waals surface area contributed by atoms with Crippen LogP contribution in [0, 0.1) is 11.7 Å². The summed E-state index contributed by atoms with van der Waals surface area (Å²) in [6, 6.07) is 4.12. The number of hydrogen-bond acceptors (Lipinski definition) is 4. The minimum absolute atomic E-state index is 0.346. The highest BCUT2D eigenvalue weighted by Crippen LogP contribution is 2.42. The van der Waals surface area contributed by atoms with Crippen LogP contribution in [0.5, 0.6) is 0 Å². The highest BCUT2D eigenvalue weighted by Gasteiger charge is 2.57. The van der Waals surface area contributed by atoms with Crippen LogP contribution in [-0.2, 0) is 9.59 Å². The fraction of sp³-hybridized carbons (Fsp3) is 0.429. The zero-order valence-corrected chi connectivity index (χ0v) is 11.3. The third kappa shape index (κ3) is 2.50. The van der Waals surface area contributed by atoms with Crippen molar-refractivity contribution in [2.24, 2.45) is 5.92 Å². The van der Waals surface area contributed by atoms with Crippen LogP contribution in [-0.4, -0.2) is 45.4 Å². The first-order valence-corrected chi connectivity index (χ1v) is 6.41. The van der Waals surface area contributed by atoms with Crippen molar-refractivity contribution in [3.63, 3.8) is 0 Å². The monoisotopic (exact) mass is 297 g/mol. The Bertz CT molecular complexity index is 578.